The fourth-order valence-corrected chi connectivity index (χ4v) is 2.57. The van der Waals surface area contributed by atoms with Crippen molar-refractivity contribution >= 4 is 33.0 Å². The van der Waals surface area contributed by atoms with Crippen molar-refractivity contribution in [1.82, 2.24) is 9.78 Å². The summed E-state index contributed by atoms with van der Waals surface area (Å²) < 4.78 is 2.45. The zero-order valence-corrected chi connectivity index (χ0v) is 9.80. The highest BCUT2D eigenvalue weighted by molar-refractivity contribution is 9.10. The number of carbonyl (C=O) groups is 1. The van der Waals surface area contributed by atoms with E-state index in [1.807, 2.05) is 10.8 Å². The Morgan fingerprint density at radius 1 is 1.57 bits per heavy atom. The van der Waals surface area contributed by atoms with Gasteiger partial charge in [-0.15, -0.1) is 0 Å². The summed E-state index contributed by atoms with van der Waals surface area (Å²) in [6.07, 6.45) is 1.76. The van der Waals surface area contributed by atoms with Crippen molar-refractivity contribution in [1.29, 1.82) is 0 Å². The van der Waals surface area contributed by atoms with Gasteiger partial charge in [-0.3, -0.25) is 9.48 Å². The minimum absolute atomic E-state index is 0.0428. The molecule has 2 aromatic heterocycles. The third-order valence-corrected chi connectivity index (χ3v) is 3.51. The lowest BCUT2D eigenvalue weighted by Crippen LogP contribution is -2.02. The van der Waals surface area contributed by atoms with Gasteiger partial charge in [0.05, 0.1) is 0 Å². The van der Waals surface area contributed by atoms with Gasteiger partial charge < -0.3 is 0 Å². The average Bonchev–Trinajstić information content (AvgIpc) is 2.73. The molecule has 2 aromatic rings. The van der Waals surface area contributed by atoms with Crippen LogP contribution in [0.1, 0.15) is 16.1 Å². The van der Waals surface area contributed by atoms with Gasteiger partial charge >= 0.3 is 0 Å². The molecule has 0 amide bonds. The van der Waals surface area contributed by atoms with Gasteiger partial charge in [0.1, 0.15) is 5.69 Å². The van der Waals surface area contributed by atoms with Crippen LogP contribution in [0.2, 0.25) is 0 Å². The molecule has 2 heterocycles. The molecule has 5 heteroatoms. The third-order valence-electron chi connectivity index (χ3n) is 1.81. The molecule has 0 fully saturated rings. The normalized spacial score (nSPS) is 10.4. The number of ketones is 1. The molecule has 0 saturated carbocycles. The van der Waals surface area contributed by atoms with Crippen molar-refractivity contribution in [3.05, 3.63) is 38.8 Å². The van der Waals surface area contributed by atoms with E-state index in [9.17, 15) is 4.79 Å². The molecule has 0 aliphatic rings. The van der Waals surface area contributed by atoms with Gasteiger partial charge in [0.25, 0.3) is 0 Å². The number of thiophene rings is 1. The lowest BCUT2D eigenvalue weighted by Gasteiger charge is -1.93. The van der Waals surface area contributed by atoms with Crippen molar-refractivity contribution < 1.29 is 4.79 Å². The molecule has 72 valence electrons. The Morgan fingerprint density at radius 2 is 2.36 bits per heavy atom. The summed E-state index contributed by atoms with van der Waals surface area (Å²) >= 11 is 4.82. The Balaban J connectivity index is 2.38. The molecule has 0 saturated heterocycles. The summed E-state index contributed by atoms with van der Waals surface area (Å²) in [7, 11) is 1.79. The van der Waals surface area contributed by atoms with Crippen LogP contribution in [0.3, 0.4) is 0 Å². The lowest BCUT2D eigenvalue weighted by molar-refractivity contribution is 0.103. The molecule has 0 aliphatic heterocycles. The van der Waals surface area contributed by atoms with Gasteiger partial charge in [-0.05, 0) is 22.0 Å². The molecule has 0 aromatic carbocycles. The maximum absolute atomic E-state index is 11.8. The van der Waals surface area contributed by atoms with Crippen LogP contribution in [0.15, 0.2) is 27.5 Å². The highest BCUT2D eigenvalue weighted by Crippen LogP contribution is 2.23. The zero-order chi connectivity index (χ0) is 10.1. The first-order valence-electron chi connectivity index (χ1n) is 3.94. The molecule has 3 nitrogen and oxygen atoms in total. The van der Waals surface area contributed by atoms with Crippen LogP contribution in [0.5, 0.6) is 0 Å². The van der Waals surface area contributed by atoms with Gasteiger partial charge in [0.2, 0.25) is 5.78 Å². The van der Waals surface area contributed by atoms with E-state index in [0.29, 0.717) is 11.3 Å². The van der Waals surface area contributed by atoms with Crippen molar-refractivity contribution in [3.63, 3.8) is 0 Å². The van der Waals surface area contributed by atoms with E-state index >= 15 is 0 Å². The van der Waals surface area contributed by atoms with E-state index < -0.39 is 0 Å². The Labute approximate surface area is 93.5 Å². The van der Waals surface area contributed by atoms with E-state index in [4.69, 9.17) is 0 Å². The largest absolute Gasteiger partial charge is 0.287 e. The molecular weight excluding hydrogens is 264 g/mol. The number of hydrogen-bond acceptors (Lipinski definition) is 3. The molecule has 0 spiro atoms. The lowest BCUT2D eigenvalue weighted by atomic mass is 10.2. The summed E-state index contributed by atoms with van der Waals surface area (Å²) in [5, 5.41) is 7.76. The van der Waals surface area contributed by atoms with Crippen molar-refractivity contribution in [3.8, 4) is 0 Å². The second kappa shape index (κ2) is 3.67. The van der Waals surface area contributed by atoms with Crippen molar-refractivity contribution in [2.75, 3.05) is 0 Å². The Hall–Kier alpha value is -0.940. The number of rotatable bonds is 2. The van der Waals surface area contributed by atoms with Gasteiger partial charge in [-0.1, -0.05) is 0 Å². The Bertz CT molecular complexity index is 475. The Kier molecular flexibility index (Phi) is 2.52. The van der Waals surface area contributed by atoms with Crippen LogP contribution in [0, 0.1) is 0 Å². The molecule has 0 aliphatic carbocycles. The molecule has 0 unspecified atom stereocenters. The highest BCUT2D eigenvalue weighted by Gasteiger charge is 2.15. The number of halogens is 1. The molecular formula is C9H7BrN2OS. The van der Waals surface area contributed by atoms with Crippen LogP contribution in [-0.2, 0) is 7.05 Å². The summed E-state index contributed by atoms with van der Waals surface area (Å²) in [6, 6.07) is 1.71. The second-order valence-corrected chi connectivity index (χ2v) is 4.44. The second-order valence-electron chi connectivity index (χ2n) is 2.84. The SMILES string of the molecule is Cn1ccc(C(=O)c2cscc2Br)n1. The number of aromatic nitrogens is 2. The van der Waals surface area contributed by atoms with E-state index in [0.717, 1.165) is 4.47 Å². The quantitative estimate of drug-likeness (QED) is 0.786. The highest BCUT2D eigenvalue weighted by atomic mass is 79.9. The number of carbonyl (C=O) groups excluding carboxylic acids is 1. The first-order chi connectivity index (χ1) is 6.68. The average molecular weight is 271 g/mol. The smallest absolute Gasteiger partial charge is 0.215 e. The molecule has 0 atom stereocenters. The van der Waals surface area contributed by atoms with E-state index in [1.54, 1.807) is 24.0 Å². The van der Waals surface area contributed by atoms with Gasteiger partial charge in [-0.2, -0.15) is 16.4 Å². The monoisotopic (exact) mass is 270 g/mol. The third kappa shape index (κ3) is 1.65. The summed E-state index contributed by atoms with van der Waals surface area (Å²) in [5.74, 6) is -0.0428. The fraction of sp³-hybridized carbons (Fsp3) is 0.111. The standard InChI is InChI=1S/C9H7BrN2OS/c1-12-3-2-8(11-12)9(13)6-4-14-5-7(6)10/h2-5H,1H3. The topological polar surface area (TPSA) is 34.9 Å². The van der Waals surface area contributed by atoms with Crippen LogP contribution in [0.4, 0.5) is 0 Å². The Morgan fingerprint density at radius 3 is 2.86 bits per heavy atom. The van der Waals surface area contributed by atoms with Gasteiger partial charge in [0, 0.05) is 34.0 Å². The first kappa shape index (κ1) is 9.61. The van der Waals surface area contributed by atoms with Crippen LogP contribution < -0.4 is 0 Å². The summed E-state index contributed by atoms with van der Waals surface area (Å²) in [6.45, 7) is 0. The first-order valence-corrected chi connectivity index (χ1v) is 5.68. The predicted molar refractivity (Wildman–Crippen MR) is 58.7 cm³/mol. The van der Waals surface area contributed by atoms with Crippen LogP contribution in [0.25, 0.3) is 0 Å². The van der Waals surface area contributed by atoms with Crippen molar-refractivity contribution in [2.24, 2.45) is 7.05 Å². The van der Waals surface area contributed by atoms with E-state index in [-0.39, 0.29) is 5.78 Å². The molecule has 0 N–H and O–H groups in total. The maximum atomic E-state index is 11.8. The van der Waals surface area contributed by atoms with Gasteiger partial charge in [0.15, 0.2) is 0 Å². The van der Waals surface area contributed by atoms with Crippen LogP contribution in [-0.4, -0.2) is 15.6 Å². The van der Waals surface area contributed by atoms with E-state index in [2.05, 4.69) is 21.0 Å². The van der Waals surface area contributed by atoms with Crippen LogP contribution >= 0.6 is 27.3 Å². The maximum Gasteiger partial charge on any atom is 0.215 e. The molecule has 2 rings (SSSR count). The molecule has 14 heavy (non-hydrogen) atoms. The molecule has 0 bridgehead atoms. The number of hydrogen-bond donors (Lipinski definition) is 0. The summed E-state index contributed by atoms with van der Waals surface area (Å²) in [4.78, 5) is 11.8. The molecule has 0 radical (unpaired) electrons. The fourth-order valence-electron chi connectivity index (χ4n) is 1.12. The van der Waals surface area contributed by atoms with E-state index in [1.165, 1.54) is 11.3 Å². The zero-order valence-electron chi connectivity index (χ0n) is 7.40. The van der Waals surface area contributed by atoms with Crippen molar-refractivity contribution in [2.45, 2.75) is 0 Å². The minimum Gasteiger partial charge on any atom is -0.287 e. The summed E-state index contributed by atoms with van der Waals surface area (Å²) in [5.41, 5.74) is 1.15. The number of aryl methyl sites for hydroxylation is 1. The van der Waals surface area contributed by atoms with Gasteiger partial charge in [-0.25, -0.2) is 0 Å². The minimum atomic E-state index is -0.0428. The number of nitrogens with zero attached hydrogens (tertiary/aromatic N) is 2. The predicted octanol–water partition coefficient (Wildman–Crippen LogP) is 2.48.